The average Bonchev–Trinajstić information content (AvgIpc) is 2.59. The molecule has 0 aromatic heterocycles. The molecule has 1 aliphatic rings. The normalized spacial score (nSPS) is 14.6. The van der Waals surface area contributed by atoms with E-state index in [1.54, 1.807) is 0 Å². The van der Waals surface area contributed by atoms with Gasteiger partial charge in [0.15, 0.2) is 0 Å². The van der Waals surface area contributed by atoms with E-state index in [1.165, 1.54) is 12.8 Å². The standard InChI is InChI=1S/C16H23N3O3/c1-22-15(20)8-5-9-17-16(21)19-12-10-18(11-13-19)14-6-3-2-4-7-14/h2-4,6-7H,5,8-13H2,1H3,(H,17,21). The summed E-state index contributed by atoms with van der Waals surface area (Å²) in [5.74, 6) is -0.245. The summed E-state index contributed by atoms with van der Waals surface area (Å²) >= 11 is 0. The molecule has 1 heterocycles. The fourth-order valence-corrected chi connectivity index (χ4v) is 2.45. The minimum Gasteiger partial charge on any atom is -0.469 e. The summed E-state index contributed by atoms with van der Waals surface area (Å²) in [6.07, 6.45) is 0.932. The first kappa shape index (κ1) is 16.1. The summed E-state index contributed by atoms with van der Waals surface area (Å²) in [7, 11) is 1.37. The Labute approximate surface area is 131 Å². The van der Waals surface area contributed by atoms with Crippen molar-refractivity contribution in [2.75, 3.05) is 44.7 Å². The van der Waals surface area contributed by atoms with Crippen molar-refractivity contribution in [3.63, 3.8) is 0 Å². The zero-order valence-corrected chi connectivity index (χ0v) is 13.0. The molecule has 1 aliphatic heterocycles. The topological polar surface area (TPSA) is 61.9 Å². The van der Waals surface area contributed by atoms with Crippen LogP contribution in [0.5, 0.6) is 0 Å². The number of methoxy groups -OCH3 is 1. The molecule has 6 nitrogen and oxygen atoms in total. The number of anilines is 1. The van der Waals surface area contributed by atoms with Crippen LogP contribution in [0.25, 0.3) is 0 Å². The van der Waals surface area contributed by atoms with Gasteiger partial charge in [0, 0.05) is 44.8 Å². The van der Waals surface area contributed by atoms with Gasteiger partial charge in [0.25, 0.3) is 0 Å². The highest BCUT2D eigenvalue weighted by atomic mass is 16.5. The lowest BCUT2D eigenvalue weighted by Crippen LogP contribution is -2.52. The van der Waals surface area contributed by atoms with Crippen molar-refractivity contribution in [3.8, 4) is 0 Å². The van der Waals surface area contributed by atoms with Crippen LogP contribution in [-0.4, -0.2) is 56.7 Å². The molecule has 0 bridgehead atoms. The van der Waals surface area contributed by atoms with Gasteiger partial charge in [0.05, 0.1) is 7.11 Å². The van der Waals surface area contributed by atoms with Crippen LogP contribution in [0.4, 0.5) is 10.5 Å². The lowest BCUT2D eigenvalue weighted by molar-refractivity contribution is -0.140. The van der Waals surface area contributed by atoms with E-state index >= 15 is 0 Å². The third-order valence-electron chi connectivity index (χ3n) is 3.75. The van der Waals surface area contributed by atoms with Crippen molar-refractivity contribution in [2.45, 2.75) is 12.8 Å². The van der Waals surface area contributed by atoms with Gasteiger partial charge in [0.1, 0.15) is 0 Å². The van der Waals surface area contributed by atoms with Crippen molar-refractivity contribution < 1.29 is 14.3 Å². The molecule has 2 rings (SSSR count). The molecular formula is C16H23N3O3. The van der Waals surface area contributed by atoms with Crippen LogP contribution >= 0.6 is 0 Å². The highest BCUT2D eigenvalue weighted by Gasteiger charge is 2.20. The molecule has 1 saturated heterocycles. The molecule has 1 aromatic carbocycles. The second-order valence-corrected chi connectivity index (χ2v) is 5.22. The number of para-hydroxylation sites is 1. The molecule has 0 radical (unpaired) electrons. The van der Waals surface area contributed by atoms with E-state index in [1.807, 2.05) is 23.1 Å². The number of rotatable bonds is 5. The lowest BCUT2D eigenvalue weighted by Gasteiger charge is -2.36. The van der Waals surface area contributed by atoms with Gasteiger partial charge in [-0.2, -0.15) is 0 Å². The van der Waals surface area contributed by atoms with Crippen molar-refractivity contribution in [1.82, 2.24) is 10.2 Å². The van der Waals surface area contributed by atoms with Crippen molar-refractivity contribution in [2.24, 2.45) is 0 Å². The number of esters is 1. The van der Waals surface area contributed by atoms with E-state index in [9.17, 15) is 9.59 Å². The second-order valence-electron chi connectivity index (χ2n) is 5.22. The number of urea groups is 1. The maximum atomic E-state index is 12.0. The molecular weight excluding hydrogens is 282 g/mol. The number of ether oxygens (including phenoxy) is 1. The van der Waals surface area contributed by atoms with Gasteiger partial charge < -0.3 is 19.9 Å². The fraction of sp³-hybridized carbons (Fsp3) is 0.500. The largest absolute Gasteiger partial charge is 0.469 e. The molecule has 0 atom stereocenters. The van der Waals surface area contributed by atoms with Crippen LogP contribution in [0.1, 0.15) is 12.8 Å². The zero-order valence-electron chi connectivity index (χ0n) is 13.0. The summed E-state index contributed by atoms with van der Waals surface area (Å²) in [6, 6.07) is 10.2. The third-order valence-corrected chi connectivity index (χ3v) is 3.75. The van der Waals surface area contributed by atoms with Gasteiger partial charge in [-0.05, 0) is 18.6 Å². The Hall–Kier alpha value is -2.24. The predicted molar refractivity (Wildman–Crippen MR) is 84.9 cm³/mol. The van der Waals surface area contributed by atoms with Gasteiger partial charge >= 0.3 is 12.0 Å². The van der Waals surface area contributed by atoms with Gasteiger partial charge in [-0.3, -0.25) is 4.79 Å². The van der Waals surface area contributed by atoms with Crippen LogP contribution in [0.15, 0.2) is 30.3 Å². The number of hydrogen-bond acceptors (Lipinski definition) is 4. The van der Waals surface area contributed by atoms with Gasteiger partial charge in [-0.15, -0.1) is 0 Å². The highest BCUT2D eigenvalue weighted by Crippen LogP contribution is 2.15. The molecule has 120 valence electrons. The molecule has 22 heavy (non-hydrogen) atoms. The summed E-state index contributed by atoms with van der Waals surface area (Å²) in [5.41, 5.74) is 1.20. The summed E-state index contributed by atoms with van der Waals surface area (Å²) in [4.78, 5) is 27.1. The van der Waals surface area contributed by atoms with E-state index in [-0.39, 0.29) is 12.0 Å². The van der Waals surface area contributed by atoms with Crippen LogP contribution in [-0.2, 0) is 9.53 Å². The fourth-order valence-electron chi connectivity index (χ4n) is 2.45. The number of nitrogens with zero attached hydrogens (tertiary/aromatic N) is 2. The Morgan fingerprint density at radius 3 is 2.45 bits per heavy atom. The van der Waals surface area contributed by atoms with E-state index < -0.39 is 0 Å². The first-order valence-electron chi connectivity index (χ1n) is 7.60. The number of carbonyl (C=O) groups excluding carboxylic acids is 2. The van der Waals surface area contributed by atoms with E-state index in [0.29, 0.717) is 32.5 Å². The Bertz CT molecular complexity index is 485. The molecule has 2 amide bonds. The molecule has 1 fully saturated rings. The molecule has 0 spiro atoms. The molecule has 0 saturated carbocycles. The first-order chi connectivity index (χ1) is 10.7. The van der Waals surface area contributed by atoms with Crippen molar-refractivity contribution in [3.05, 3.63) is 30.3 Å². The Balaban J connectivity index is 1.68. The quantitative estimate of drug-likeness (QED) is 0.661. The number of piperazine rings is 1. The number of benzene rings is 1. The molecule has 1 aromatic rings. The van der Waals surface area contributed by atoms with Gasteiger partial charge in [-0.25, -0.2) is 4.79 Å². The number of carbonyl (C=O) groups is 2. The third kappa shape index (κ3) is 4.65. The van der Waals surface area contributed by atoms with Crippen LogP contribution < -0.4 is 10.2 Å². The highest BCUT2D eigenvalue weighted by molar-refractivity contribution is 5.74. The number of amides is 2. The average molecular weight is 305 g/mol. The summed E-state index contributed by atoms with van der Waals surface area (Å²) < 4.78 is 4.56. The Morgan fingerprint density at radius 2 is 1.82 bits per heavy atom. The second kappa shape index (κ2) is 8.26. The first-order valence-corrected chi connectivity index (χ1v) is 7.60. The van der Waals surface area contributed by atoms with Crippen LogP contribution in [0, 0.1) is 0 Å². The maximum absolute atomic E-state index is 12.0. The summed E-state index contributed by atoms with van der Waals surface area (Å²) in [5, 5.41) is 2.85. The lowest BCUT2D eigenvalue weighted by atomic mass is 10.2. The predicted octanol–water partition coefficient (Wildman–Crippen LogP) is 1.47. The zero-order chi connectivity index (χ0) is 15.8. The van der Waals surface area contributed by atoms with Gasteiger partial charge in [0.2, 0.25) is 0 Å². The summed E-state index contributed by atoms with van der Waals surface area (Å²) in [6.45, 7) is 3.57. The van der Waals surface area contributed by atoms with Gasteiger partial charge in [-0.1, -0.05) is 18.2 Å². The van der Waals surface area contributed by atoms with Crippen molar-refractivity contribution >= 4 is 17.7 Å². The SMILES string of the molecule is COC(=O)CCCNC(=O)N1CCN(c2ccccc2)CC1. The smallest absolute Gasteiger partial charge is 0.317 e. The Kier molecular flexibility index (Phi) is 6.06. The molecule has 0 unspecified atom stereocenters. The monoisotopic (exact) mass is 305 g/mol. The Morgan fingerprint density at radius 1 is 1.14 bits per heavy atom. The van der Waals surface area contributed by atoms with Crippen LogP contribution in [0.2, 0.25) is 0 Å². The molecule has 1 N–H and O–H groups in total. The van der Waals surface area contributed by atoms with E-state index in [0.717, 1.165) is 13.1 Å². The molecule has 6 heteroatoms. The number of hydrogen-bond donors (Lipinski definition) is 1. The van der Waals surface area contributed by atoms with Crippen molar-refractivity contribution in [1.29, 1.82) is 0 Å². The number of nitrogens with one attached hydrogen (secondary N) is 1. The van der Waals surface area contributed by atoms with E-state index in [2.05, 4.69) is 27.1 Å². The molecule has 0 aliphatic carbocycles. The minimum absolute atomic E-state index is 0.0578. The minimum atomic E-state index is -0.245. The van der Waals surface area contributed by atoms with Crippen LogP contribution in [0.3, 0.4) is 0 Å². The van der Waals surface area contributed by atoms with E-state index in [4.69, 9.17) is 0 Å². The maximum Gasteiger partial charge on any atom is 0.317 e.